The van der Waals surface area contributed by atoms with Crippen LogP contribution in [0.2, 0.25) is 0 Å². The lowest BCUT2D eigenvalue weighted by Gasteiger charge is -2.17. The van der Waals surface area contributed by atoms with Crippen LogP contribution in [0.15, 0.2) is 41.3 Å². The second kappa shape index (κ2) is 7.84. The average molecular weight is 380 g/mol. The summed E-state index contributed by atoms with van der Waals surface area (Å²) >= 11 is 0. The van der Waals surface area contributed by atoms with Gasteiger partial charge in [-0.2, -0.15) is 4.72 Å². The summed E-state index contributed by atoms with van der Waals surface area (Å²) in [6.45, 7) is 5.18. The Morgan fingerprint density at radius 1 is 1.15 bits per heavy atom. The Morgan fingerprint density at radius 3 is 2.46 bits per heavy atom. The maximum Gasteiger partial charge on any atom is 0.245 e. The number of anilines is 1. The van der Waals surface area contributed by atoms with Crippen molar-refractivity contribution in [2.45, 2.75) is 31.7 Å². The van der Waals surface area contributed by atoms with Crippen LogP contribution in [0.25, 0.3) is 0 Å². The molecule has 2 aromatic carbocycles. The number of hydrogen-bond donors (Lipinski definition) is 2. The molecule has 0 aromatic heterocycles. The predicted octanol–water partition coefficient (Wildman–Crippen LogP) is 2.76. The second-order valence-electron chi connectivity index (χ2n) is 5.95. The fourth-order valence-electron chi connectivity index (χ4n) is 2.41. The van der Waals surface area contributed by atoms with Gasteiger partial charge in [-0.1, -0.05) is 17.7 Å². The van der Waals surface area contributed by atoms with Crippen molar-refractivity contribution in [1.82, 2.24) is 4.72 Å². The highest BCUT2D eigenvalue weighted by Gasteiger charge is 2.25. The third-order valence-electron chi connectivity index (χ3n) is 3.78. The molecule has 0 fully saturated rings. The van der Waals surface area contributed by atoms with E-state index in [-0.39, 0.29) is 10.6 Å². The van der Waals surface area contributed by atoms with Gasteiger partial charge < -0.3 is 10.1 Å². The molecule has 26 heavy (non-hydrogen) atoms. The summed E-state index contributed by atoms with van der Waals surface area (Å²) < 4.78 is 45.7. The summed E-state index contributed by atoms with van der Waals surface area (Å²) in [5, 5.41) is 2.68. The van der Waals surface area contributed by atoms with Gasteiger partial charge in [0.05, 0.1) is 13.2 Å². The molecular formula is C18H21FN2O4S. The molecule has 2 aromatic rings. The van der Waals surface area contributed by atoms with E-state index in [0.29, 0.717) is 5.69 Å². The first-order valence-corrected chi connectivity index (χ1v) is 9.36. The fourth-order valence-corrected chi connectivity index (χ4v) is 3.79. The average Bonchev–Trinajstić information content (AvgIpc) is 2.56. The molecule has 8 heteroatoms. The highest BCUT2D eigenvalue weighted by molar-refractivity contribution is 7.89. The molecule has 0 aliphatic heterocycles. The Bertz CT molecular complexity index is 929. The van der Waals surface area contributed by atoms with E-state index in [1.807, 2.05) is 26.0 Å². The van der Waals surface area contributed by atoms with Gasteiger partial charge in [-0.15, -0.1) is 0 Å². The largest absolute Gasteiger partial charge is 0.495 e. The number of hydrogen-bond acceptors (Lipinski definition) is 4. The number of halogens is 1. The molecule has 0 saturated heterocycles. The summed E-state index contributed by atoms with van der Waals surface area (Å²) in [4.78, 5) is 12.0. The van der Waals surface area contributed by atoms with Gasteiger partial charge in [-0.05, 0) is 50.6 Å². The number of carbonyl (C=O) groups is 1. The normalized spacial score (nSPS) is 12.5. The first kappa shape index (κ1) is 19.9. The molecule has 0 bridgehead atoms. The van der Waals surface area contributed by atoms with Crippen molar-refractivity contribution >= 4 is 21.6 Å². The first-order valence-electron chi connectivity index (χ1n) is 7.88. The Kier molecular flexibility index (Phi) is 5.99. The van der Waals surface area contributed by atoms with E-state index in [1.54, 1.807) is 6.07 Å². The van der Waals surface area contributed by atoms with Crippen LogP contribution in [0.3, 0.4) is 0 Å². The molecule has 0 heterocycles. The lowest BCUT2D eigenvalue weighted by Crippen LogP contribution is -2.41. The number of aryl methyl sites for hydroxylation is 2. The molecule has 1 unspecified atom stereocenters. The number of methoxy groups -OCH3 is 1. The van der Waals surface area contributed by atoms with Crippen molar-refractivity contribution in [3.05, 3.63) is 53.3 Å². The molecule has 2 N–H and O–H groups in total. The van der Waals surface area contributed by atoms with Gasteiger partial charge in [-0.3, -0.25) is 4.79 Å². The second-order valence-corrected chi connectivity index (χ2v) is 7.63. The molecule has 0 saturated carbocycles. The monoisotopic (exact) mass is 380 g/mol. The molecule has 0 spiro atoms. The number of nitrogens with one attached hydrogen (secondary N) is 2. The minimum Gasteiger partial charge on any atom is -0.495 e. The van der Waals surface area contributed by atoms with Crippen LogP contribution >= 0.6 is 0 Å². The summed E-state index contributed by atoms with van der Waals surface area (Å²) in [5.74, 6) is -1.27. The van der Waals surface area contributed by atoms with E-state index in [0.717, 1.165) is 23.3 Å². The zero-order valence-corrected chi connectivity index (χ0v) is 15.8. The quantitative estimate of drug-likeness (QED) is 0.807. The van der Waals surface area contributed by atoms with E-state index in [4.69, 9.17) is 4.74 Å². The van der Waals surface area contributed by atoms with Crippen LogP contribution < -0.4 is 14.8 Å². The van der Waals surface area contributed by atoms with Gasteiger partial charge in [0.1, 0.15) is 16.5 Å². The van der Waals surface area contributed by atoms with E-state index < -0.39 is 27.8 Å². The third-order valence-corrected chi connectivity index (χ3v) is 5.34. The van der Waals surface area contributed by atoms with Crippen LogP contribution in [0.1, 0.15) is 18.1 Å². The first-order chi connectivity index (χ1) is 12.1. The number of carbonyl (C=O) groups excluding carboxylic acids is 1. The van der Waals surface area contributed by atoms with Crippen LogP contribution in [0.4, 0.5) is 10.1 Å². The van der Waals surface area contributed by atoms with Gasteiger partial charge >= 0.3 is 0 Å². The lowest BCUT2D eigenvalue weighted by molar-refractivity contribution is -0.117. The maximum atomic E-state index is 13.4. The molecule has 1 atom stereocenters. The molecule has 0 aliphatic rings. The standard InChI is InChI=1S/C18H21FN2O4S/c1-11-5-7-15(12(2)9-11)20-18(22)13(3)21-26(23,24)17-10-14(19)6-8-16(17)25-4/h5-10,13,21H,1-4H3,(H,20,22). The lowest BCUT2D eigenvalue weighted by atomic mass is 10.1. The zero-order chi connectivity index (χ0) is 19.5. The summed E-state index contributed by atoms with van der Waals surface area (Å²) in [6.07, 6.45) is 0. The molecule has 0 aliphatic carbocycles. The Morgan fingerprint density at radius 2 is 1.85 bits per heavy atom. The van der Waals surface area contributed by atoms with Crippen molar-refractivity contribution in [3.8, 4) is 5.75 Å². The minimum absolute atomic E-state index is 0.0131. The van der Waals surface area contributed by atoms with Gasteiger partial charge in [0.15, 0.2) is 0 Å². The van der Waals surface area contributed by atoms with Crippen LogP contribution in [0, 0.1) is 19.7 Å². The van der Waals surface area contributed by atoms with E-state index >= 15 is 0 Å². The smallest absolute Gasteiger partial charge is 0.245 e. The maximum absolute atomic E-state index is 13.4. The molecule has 2 rings (SSSR count). The summed E-state index contributed by atoms with van der Waals surface area (Å²) in [5.41, 5.74) is 2.50. The summed E-state index contributed by atoms with van der Waals surface area (Å²) in [6, 6.07) is 7.57. The number of ether oxygens (including phenoxy) is 1. The summed E-state index contributed by atoms with van der Waals surface area (Å²) in [7, 11) is -2.87. The topological polar surface area (TPSA) is 84.5 Å². The van der Waals surface area contributed by atoms with Gasteiger partial charge in [-0.25, -0.2) is 12.8 Å². The van der Waals surface area contributed by atoms with E-state index in [2.05, 4.69) is 10.0 Å². The van der Waals surface area contributed by atoms with E-state index in [9.17, 15) is 17.6 Å². The minimum atomic E-state index is -4.15. The van der Waals surface area contributed by atoms with Crippen molar-refractivity contribution in [2.75, 3.05) is 12.4 Å². The molecule has 6 nitrogen and oxygen atoms in total. The van der Waals surface area contributed by atoms with Gasteiger partial charge in [0, 0.05) is 5.69 Å². The highest BCUT2D eigenvalue weighted by atomic mass is 32.2. The third kappa shape index (κ3) is 4.59. The van der Waals surface area contributed by atoms with Crippen LogP contribution in [-0.2, 0) is 14.8 Å². The highest BCUT2D eigenvalue weighted by Crippen LogP contribution is 2.24. The Balaban J connectivity index is 2.18. The number of sulfonamides is 1. The van der Waals surface area contributed by atoms with Crippen LogP contribution in [-0.4, -0.2) is 27.5 Å². The van der Waals surface area contributed by atoms with Crippen LogP contribution in [0.5, 0.6) is 5.75 Å². The zero-order valence-electron chi connectivity index (χ0n) is 15.0. The van der Waals surface area contributed by atoms with Crippen molar-refractivity contribution < 1.29 is 22.3 Å². The van der Waals surface area contributed by atoms with Crippen molar-refractivity contribution in [3.63, 3.8) is 0 Å². The fraction of sp³-hybridized carbons (Fsp3) is 0.278. The van der Waals surface area contributed by atoms with E-state index in [1.165, 1.54) is 20.1 Å². The van der Waals surface area contributed by atoms with Crippen molar-refractivity contribution in [2.24, 2.45) is 0 Å². The molecule has 0 radical (unpaired) electrons. The number of rotatable bonds is 6. The Hall–Kier alpha value is -2.45. The molecule has 1 amide bonds. The SMILES string of the molecule is COc1ccc(F)cc1S(=O)(=O)NC(C)C(=O)Nc1ccc(C)cc1C. The van der Waals surface area contributed by atoms with Gasteiger partial charge in [0.25, 0.3) is 0 Å². The van der Waals surface area contributed by atoms with Crippen molar-refractivity contribution in [1.29, 1.82) is 0 Å². The predicted molar refractivity (Wildman–Crippen MR) is 97.3 cm³/mol. The number of amides is 1. The Labute approximate surface area is 152 Å². The molecule has 140 valence electrons. The van der Waals surface area contributed by atoms with Gasteiger partial charge in [0.2, 0.25) is 15.9 Å². The number of benzene rings is 2. The molecular weight excluding hydrogens is 359 g/mol.